The summed E-state index contributed by atoms with van der Waals surface area (Å²) in [6, 6.07) is 8.44. The van der Waals surface area contributed by atoms with Gasteiger partial charge in [0.15, 0.2) is 0 Å². The first-order chi connectivity index (χ1) is 10.4. The number of rotatable bonds is 6. The number of likely N-dealkylation sites (tertiary alicyclic amines) is 1. The highest BCUT2D eigenvalue weighted by molar-refractivity contribution is 5.82. The number of benzene rings is 1. The maximum absolute atomic E-state index is 6.10. The van der Waals surface area contributed by atoms with Gasteiger partial charge in [-0.2, -0.15) is 0 Å². The summed E-state index contributed by atoms with van der Waals surface area (Å²) in [6.45, 7) is 7.55. The van der Waals surface area contributed by atoms with Gasteiger partial charge in [0.2, 0.25) is 0 Å². The van der Waals surface area contributed by atoms with E-state index in [2.05, 4.69) is 41.4 Å². The minimum atomic E-state index is 0.839. The predicted octanol–water partition coefficient (Wildman–Crippen LogP) is 3.92. The average Bonchev–Trinajstić information content (AvgIpc) is 2.87. The molecule has 3 nitrogen and oxygen atoms in total. The van der Waals surface area contributed by atoms with Crippen molar-refractivity contribution in [1.82, 2.24) is 10.2 Å². The van der Waals surface area contributed by atoms with Crippen molar-refractivity contribution >= 4 is 11.0 Å². The van der Waals surface area contributed by atoms with Gasteiger partial charge in [-0.15, -0.1) is 0 Å². The Bertz CT molecular complexity index is 570. The van der Waals surface area contributed by atoms with E-state index in [0.29, 0.717) is 0 Å². The van der Waals surface area contributed by atoms with E-state index in [1.165, 1.54) is 43.3 Å². The van der Waals surface area contributed by atoms with Gasteiger partial charge >= 0.3 is 0 Å². The lowest BCUT2D eigenvalue weighted by Gasteiger charge is -2.26. The molecule has 1 aromatic carbocycles. The predicted molar refractivity (Wildman–Crippen MR) is 87.3 cm³/mol. The Labute approximate surface area is 127 Å². The highest BCUT2D eigenvalue weighted by Crippen LogP contribution is 2.28. The Morgan fingerprint density at radius 2 is 1.95 bits per heavy atom. The molecule has 0 aliphatic carbocycles. The van der Waals surface area contributed by atoms with Crippen LogP contribution in [0.3, 0.4) is 0 Å². The number of hydrogen-bond donors (Lipinski definition) is 1. The van der Waals surface area contributed by atoms with E-state index in [1.807, 2.05) is 0 Å². The Balaban J connectivity index is 1.83. The summed E-state index contributed by atoms with van der Waals surface area (Å²) in [4.78, 5) is 2.57. The standard InChI is InChI=1S/C18H26N2O/c1-2-10-19-13-18-16(14-20-11-6-3-7-12-20)15-8-4-5-9-17(15)21-18/h4-5,8-9,19H,2-3,6-7,10-14H2,1H3. The van der Waals surface area contributed by atoms with Gasteiger partial charge in [-0.05, 0) is 45.0 Å². The molecule has 0 saturated carbocycles. The first-order valence-electron chi connectivity index (χ1n) is 8.31. The van der Waals surface area contributed by atoms with Crippen molar-refractivity contribution in [3.63, 3.8) is 0 Å². The van der Waals surface area contributed by atoms with E-state index < -0.39 is 0 Å². The normalized spacial score (nSPS) is 16.6. The minimum absolute atomic E-state index is 0.839. The van der Waals surface area contributed by atoms with Crippen molar-refractivity contribution < 1.29 is 4.42 Å². The lowest BCUT2D eigenvalue weighted by atomic mass is 10.1. The molecule has 1 aliphatic rings. The zero-order valence-corrected chi connectivity index (χ0v) is 13.0. The molecule has 0 unspecified atom stereocenters. The van der Waals surface area contributed by atoms with Crippen LogP contribution in [0, 0.1) is 0 Å². The highest BCUT2D eigenvalue weighted by atomic mass is 16.3. The third-order valence-electron chi connectivity index (χ3n) is 4.32. The maximum Gasteiger partial charge on any atom is 0.134 e. The van der Waals surface area contributed by atoms with Gasteiger partial charge in [0.1, 0.15) is 11.3 Å². The third-order valence-corrected chi connectivity index (χ3v) is 4.32. The van der Waals surface area contributed by atoms with Gasteiger partial charge in [0.25, 0.3) is 0 Å². The van der Waals surface area contributed by atoms with E-state index in [4.69, 9.17) is 4.42 Å². The van der Waals surface area contributed by atoms with Crippen LogP contribution in [0.1, 0.15) is 43.9 Å². The molecule has 1 saturated heterocycles. The second kappa shape index (κ2) is 7.10. The van der Waals surface area contributed by atoms with Crippen LogP contribution in [0.4, 0.5) is 0 Å². The van der Waals surface area contributed by atoms with Gasteiger partial charge in [0, 0.05) is 17.5 Å². The molecule has 2 aromatic rings. The van der Waals surface area contributed by atoms with Crippen LogP contribution in [-0.4, -0.2) is 24.5 Å². The molecule has 0 bridgehead atoms. The SMILES string of the molecule is CCCNCc1oc2ccccc2c1CN1CCCCC1. The highest BCUT2D eigenvalue weighted by Gasteiger charge is 2.18. The Morgan fingerprint density at radius 1 is 1.14 bits per heavy atom. The topological polar surface area (TPSA) is 28.4 Å². The largest absolute Gasteiger partial charge is 0.459 e. The fraction of sp³-hybridized carbons (Fsp3) is 0.556. The Morgan fingerprint density at radius 3 is 2.76 bits per heavy atom. The van der Waals surface area contributed by atoms with E-state index in [-0.39, 0.29) is 0 Å². The monoisotopic (exact) mass is 286 g/mol. The molecule has 1 N–H and O–H groups in total. The second-order valence-electron chi connectivity index (χ2n) is 6.01. The molecule has 3 rings (SSSR count). The lowest BCUT2D eigenvalue weighted by Crippen LogP contribution is -2.29. The molecule has 2 heterocycles. The molecule has 3 heteroatoms. The molecule has 0 atom stereocenters. The maximum atomic E-state index is 6.10. The van der Waals surface area contributed by atoms with Crippen molar-refractivity contribution in [2.45, 2.75) is 45.7 Å². The summed E-state index contributed by atoms with van der Waals surface area (Å²) in [7, 11) is 0. The third kappa shape index (κ3) is 3.47. The van der Waals surface area contributed by atoms with Crippen molar-refractivity contribution in [2.24, 2.45) is 0 Å². The molecule has 1 aromatic heterocycles. The Hall–Kier alpha value is -1.32. The summed E-state index contributed by atoms with van der Waals surface area (Å²) in [5.74, 6) is 1.12. The van der Waals surface area contributed by atoms with E-state index >= 15 is 0 Å². The number of para-hydroxylation sites is 1. The van der Waals surface area contributed by atoms with E-state index in [0.717, 1.165) is 37.4 Å². The zero-order chi connectivity index (χ0) is 14.5. The molecular formula is C18H26N2O. The zero-order valence-electron chi connectivity index (χ0n) is 13.0. The molecular weight excluding hydrogens is 260 g/mol. The summed E-state index contributed by atoms with van der Waals surface area (Å²) in [5, 5.41) is 4.77. The number of fused-ring (bicyclic) bond motifs is 1. The van der Waals surface area contributed by atoms with Crippen LogP contribution in [0.25, 0.3) is 11.0 Å². The fourth-order valence-corrected chi connectivity index (χ4v) is 3.19. The summed E-state index contributed by atoms with van der Waals surface area (Å²) in [6.07, 6.45) is 5.20. The molecule has 114 valence electrons. The van der Waals surface area contributed by atoms with Gasteiger partial charge in [0.05, 0.1) is 6.54 Å². The van der Waals surface area contributed by atoms with Crippen LogP contribution in [0.15, 0.2) is 28.7 Å². The van der Waals surface area contributed by atoms with E-state index in [9.17, 15) is 0 Å². The molecule has 1 aliphatic heterocycles. The lowest BCUT2D eigenvalue weighted by molar-refractivity contribution is 0.220. The number of nitrogens with one attached hydrogen (secondary N) is 1. The molecule has 0 radical (unpaired) electrons. The molecule has 1 fully saturated rings. The number of piperidine rings is 1. The van der Waals surface area contributed by atoms with Crippen LogP contribution in [-0.2, 0) is 13.1 Å². The van der Waals surface area contributed by atoms with Crippen molar-refractivity contribution in [3.8, 4) is 0 Å². The number of nitrogens with zero attached hydrogens (tertiary/aromatic N) is 1. The summed E-state index contributed by atoms with van der Waals surface area (Å²) >= 11 is 0. The van der Waals surface area contributed by atoms with Crippen LogP contribution >= 0.6 is 0 Å². The summed E-state index contributed by atoms with van der Waals surface area (Å²) in [5.41, 5.74) is 2.41. The number of furan rings is 1. The van der Waals surface area contributed by atoms with Crippen molar-refractivity contribution in [1.29, 1.82) is 0 Å². The van der Waals surface area contributed by atoms with Crippen LogP contribution in [0.5, 0.6) is 0 Å². The molecule has 21 heavy (non-hydrogen) atoms. The van der Waals surface area contributed by atoms with Crippen LogP contribution in [0.2, 0.25) is 0 Å². The Kier molecular flexibility index (Phi) is 4.94. The van der Waals surface area contributed by atoms with Gasteiger partial charge in [-0.1, -0.05) is 31.5 Å². The van der Waals surface area contributed by atoms with Crippen molar-refractivity contribution in [3.05, 3.63) is 35.6 Å². The minimum Gasteiger partial charge on any atom is -0.459 e. The average molecular weight is 286 g/mol. The van der Waals surface area contributed by atoms with E-state index in [1.54, 1.807) is 0 Å². The van der Waals surface area contributed by atoms with Gasteiger partial charge in [-0.3, -0.25) is 4.90 Å². The van der Waals surface area contributed by atoms with Gasteiger partial charge in [-0.25, -0.2) is 0 Å². The smallest absolute Gasteiger partial charge is 0.134 e. The number of hydrogen-bond acceptors (Lipinski definition) is 3. The second-order valence-corrected chi connectivity index (χ2v) is 6.01. The van der Waals surface area contributed by atoms with Crippen LogP contribution < -0.4 is 5.32 Å². The summed E-state index contributed by atoms with van der Waals surface area (Å²) < 4.78 is 6.10. The van der Waals surface area contributed by atoms with Crippen molar-refractivity contribution in [2.75, 3.05) is 19.6 Å². The quantitative estimate of drug-likeness (QED) is 0.816. The van der Waals surface area contributed by atoms with Gasteiger partial charge < -0.3 is 9.73 Å². The first-order valence-corrected chi connectivity index (χ1v) is 8.31. The first kappa shape index (κ1) is 14.6. The fourth-order valence-electron chi connectivity index (χ4n) is 3.19. The molecule has 0 amide bonds. The molecule has 0 spiro atoms.